The summed E-state index contributed by atoms with van der Waals surface area (Å²) in [5.41, 5.74) is 1.48. The lowest BCUT2D eigenvalue weighted by atomic mass is 10.1. The Hall–Kier alpha value is -1.23. The van der Waals surface area contributed by atoms with E-state index < -0.39 is 0 Å². The summed E-state index contributed by atoms with van der Waals surface area (Å²) in [6, 6.07) is 0.411. The Kier molecular flexibility index (Phi) is 2.93. The first-order valence-electron chi connectivity index (χ1n) is 6.08. The van der Waals surface area contributed by atoms with E-state index in [9.17, 15) is 0 Å². The number of nitrogens with zero attached hydrogens (tertiary/aromatic N) is 5. The van der Waals surface area contributed by atoms with Crippen molar-refractivity contribution in [1.29, 1.82) is 0 Å². The molecule has 3 rings (SSSR count). The summed E-state index contributed by atoms with van der Waals surface area (Å²) in [6.07, 6.45) is 9.08. The van der Waals surface area contributed by atoms with Crippen molar-refractivity contribution in [1.82, 2.24) is 25.0 Å². The maximum absolute atomic E-state index is 5.83. The zero-order chi connectivity index (χ0) is 11.7. The van der Waals surface area contributed by atoms with Crippen LogP contribution in [0.5, 0.6) is 0 Å². The minimum Gasteiger partial charge on any atom is -0.224 e. The van der Waals surface area contributed by atoms with Gasteiger partial charge in [-0.15, -0.1) is 5.10 Å². The summed E-state index contributed by atoms with van der Waals surface area (Å²) < 4.78 is 1.92. The third kappa shape index (κ3) is 2.11. The molecule has 6 heteroatoms. The van der Waals surface area contributed by atoms with Crippen LogP contribution in [0.25, 0.3) is 11.2 Å². The summed E-state index contributed by atoms with van der Waals surface area (Å²) in [5, 5.41) is 8.56. The van der Waals surface area contributed by atoms with E-state index >= 15 is 0 Å². The van der Waals surface area contributed by atoms with Crippen LogP contribution < -0.4 is 0 Å². The number of hydrogen-bond donors (Lipinski definition) is 0. The molecule has 2 aromatic rings. The van der Waals surface area contributed by atoms with Gasteiger partial charge >= 0.3 is 0 Å². The van der Waals surface area contributed by atoms with Crippen LogP contribution in [0.1, 0.15) is 44.6 Å². The van der Waals surface area contributed by atoms with E-state index in [1.54, 1.807) is 6.20 Å². The average molecular weight is 252 g/mol. The van der Waals surface area contributed by atoms with E-state index in [2.05, 4.69) is 20.3 Å². The molecule has 1 fully saturated rings. The third-order valence-electron chi connectivity index (χ3n) is 3.36. The number of fused-ring (bicyclic) bond motifs is 1. The first kappa shape index (κ1) is 10.9. The minimum absolute atomic E-state index is 0.259. The molecule has 1 saturated carbocycles. The largest absolute Gasteiger partial charge is 0.224 e. The summed E-state index contributed by atoms with van der Waals surface area (Å²) in [6.45, 7) is 0. The second kappa shape index (κ2) is 4.56. The maximum Gasteiger partial charge on any atom is 0.224 e. The van der Waals surface area contributed by atoms with Crippen molar-refractivity contribution in [3.63, 3.8) is 0 Å². The number of halogens is 1. The van der Waals surface area contributed by atoms with Gasteiger partial charge in [0.25, 0.3) is 0 Å². The summed E-state index contributed by atoms with van der Waals surface area (Å²) in [5.74, 6) is 0. The first-order chi connectivity index (χ1) is 8.34. The highest BCUT2D eigenvalue weighted by Gasteiger charge is 2.18. The highest BCUT2D eigenvalue weighted by Crippen LogP contribution is 2.28. The molecule has 0 saturated heterocycles. The standard InChI is InChI=1S/C11H14ClN5/c12-11-13-7-9-10(14-11)17(16-15-9)8-5-3-1-2-4-6-8/h7-8H,1-6H2. The van der Waals surface area contributed by atoms with E-state index in [1.165, 1.54) is 25.7 Å². The number of aromatic nitrogens is 5. The van der Waals surface area contributed by atoms with E-state index in [0.29, 0.717) is 6.04 Å². The molecule has 0 amide bonds. The van der Waals surface area contributed by atoms with Crippen molar-refractivity contribution < 1.29 is 0 Å². The van der Waals surface area contributed by atoms with Gasteiger partial charge in [0.2, 0.25) is 5.28 Å². The third-order valence-corrected chi connectivity index (χ3v) is 3.54. The monoisotopic (exact) mass is 251 g/mol. The molecule has 0 atom stereocenters. The van der Waals surface area contributed by atoms with Gasteiger partial charge in [0.05, 0.1) is 12.2 Å². The van der Waals surface area contributed by atoms with Gasteiger partial charge in [-0.25, -0.2) is 9.67 Å². The highest BCUT2D eigenvalue weighted by molar-refractivity contribution is 6.28. The second-order valence-corrected chi connectivity index (χ2v) is 4.87. The molecular formula is C11H14ClN5. The topological polar surface area (TPSA) is 56.5 Å². The van der Waals surface area contributed by atoms with Crippen molar-refractivity contribution >= 4 is 22.8 Å². The van der Waals surface area contributed by atoms with Crippen LogP contribution in [0.2, 0.25) is 5.28 Å². The Bertz CT molecular complexity index is 516. The molecule has 5 nitrogen and oxygen atoms in total. The fraction of sp³-hybridized carbons (Fsp3) is 0.636. The van der Waals surface area contributed by atoms with Gasteiger partial charge < -0.3 is 0 Å². The first-order valence-corrected chi connectivity index (χ1v) is 6.46. The van der Waals surface area contributed by atoms with E-state index in [-0.39, 0.29) is 5.28 Å². The van der Waals surface area contributed by atoms with Crippen LogP contribution in [0, 0.1) is 0 Å². The normalized spacial score (nSPS) is 18.4. The maximum atomic E-state index is 5.83. The lowest BCUT2D eigenvalue weighted by molar-refractivity contribution is 0.405. The summed E-state index contributed by atoms with van der Waals surface area (Å²) in [7, 11) is 0. The van der Waals surface area contributed by atoms with E-state index in [1.807, 2.05) is 4.68 Å². The molecule has 1 aliphatic carbocycles. The van der Waals surface area contributed by atoms with Gasteiger partial charge in [-0.3, -0.25) is 0 Å². The predicted molar refractivity (Wildman–Crippen MR) is 64.9 cm³/mol. The van der Waals surface area contributed by atoms with Gasteiger partial charge in [0.15, 0.2) is 11.2 Å². The zero-order valence-electron chi connectivity index (χ0n) is 9.51. The van der Waals surface area contributed by atoms with Gasteiger partial charge in [0, 0.05) is 0 Å². The molecular weight excluding hydrogens is 238 g/mol. The molecule has 17 heavy (non-hydrogen) atoms. The predicted octanol–water partition coefficient (Wildman–Crippen LogP) is 2.77. The van der Waals surface area contributed by atoms with Crippen molar-refractivity contribution in [2.24, 2.45) is 0 Å². The van der Waals surface area contributed by atoms with Crippen LogP contribution in [0.3, 0.4) is 0 Å². The van der Waals surface area contributed by atoms with Gasteiger partial charge in [-0.2, -0.15) is 4.98 Å². The summed E-state index contributed by atoms with van der Waals surface area (Å²) >= 11 is 5.83. The Morgan fingerprint density at radius 3 is 2.71 bits per heavy atom. The molecule has 0 aliphatic heterocycles. The average Bonchev–Trinajstić information content (AvgIpc) is 2.58. The van der Waals surface area contributed by atoms with Crippen molar-refractivity contribution in [3.05, 3.63) is 11.5 Å². The Morgan fingerprint density at radius 2 is 1.94 bits per heavy atom. The molecule has 0 spiro atoms. The molecule has 0 bridgehead atoms. The molecule has 2 heterocycles. The lowest BCUT2D eigenvalue weighted by Gasteiger charge is -2.13. The fourth-order valence-corrected chi connectivity index (χ4v) is 2.60. The van der Waals surface area contributed by atoms with Gasteiger partial charge in [-0.05, 0) is 24.4 Å². The van der Waals surface area contributed by atoms with Gasteiger partial charge in [0.1, 0.15) is 0 Å². The minimum atomic E-state index is 0.259. The molecule has 0 radical (unpaired) electrons. The Morgan fingerprint density at radius 1 is 1.18 bits per heavy atom. The molecule has 0 aromatic carbocycles. The zero-order valence-corrected chi connectivity index (χ0v) is 10.3. The Labute approximate surface area is 104 Å². The Balaban J connectivity index is 2.00. The number of hydrogen-bond acceptors (Lipinski definition) is 4. The highest BCUT2D eigenvalue weighted by atomic mass is 35.5. The van der Waals surface area contributed by atoms with Gasteiger partial charge in [-0.1, -0.05) is 30.9 Å². The van der Waals surface area contributed by atoms with Crippen molar-refractivity contribution in [3.8, 4) is 0 Å². The van der Waals surface area contributed by atoms with Crippen LogP contribution in [0.15, 0.2) is 6.20 Å². The van der Waals surface area contributed by atoms with E-state index in [4.69, 9.17) is 11.6 Å². The number of rotatable bonds is 1. The van der Waals surface area contributed by atoms with Crippen LogP contribution >= 0.6 is 11.6 Å². The molecule has 90 valence electrons. The van der Waals surface area contributed by atoms with Crippen LogP contribution in [0.4, 0.5) is 0 Å². The molecule has 0 N–H and O–H groups in total. The lowest BCUT2D eigenvalue weighted by Crippen LogP contribution is -2.10. The SMILES string of the molecule is Clc1ncc2nnn(C3CCCCCC3)c2n1. The van der Waals surface area contributed by atoms with E-state index in [0.717, 1.165) is 24.0 Å². The van der Waals surface area contributed by atoms with Crippen LogP contribution in [-0.4, -0.2) is 25.0 Å². The molecule has 2 aromatic heterocycles. The second-order valence-electron chi connectivity index (χ2n) is 4.53. The van der Waals surface area contributed by atoms with Crippen molar-refractivity contribution in [2.45, 2.75) is 44.6 Å². The van der Waals surface area contributed by atoms with Crippen molar-refractivity contribution in [2.75, 3.05) is 0 Å². The quantitative estimate of drug-likeness (QED) is 0.578. The smallest absolute Gasteiger partial charge is 0.224 e. The molecule has 0 unspecified atom stereocenters. The fourth-order valence-electron chi connectivity index (χ4n) is 2.47. The van der Waals surface area contributed by atoms with Crippen LogP contribution in [-0.2, 0) is 0 Å². The summed E-state index contributed by atoms with van der Waals surface area (Å²) in [4.78, 5) is 8.16. The molecule has 1 aliphatic rings.